The molecule has 0 aliphatic carbocycles. The lowest BCUT2D eigenvalue weighted by molar-refractivity contribution is -0.515. The van der Waals surface area contributed by atoms with Gasteiger partial charge in [-0.2, -0.15) is 13.2 Å². The first-order valence-corrected chi connectivity index (χ1v) is 5.31. The average Bonchev–Trinajstić information content (AvgIpc) is 2.28. The zero-order valence-corrected chi connectivity index (χ0v) is 9.70. The van der Waals surface area contributed by atoms with Crippen LogP contribution in [0.25, 0.3) is 0 Å². The van der Waals surface area contributed by atoms with E-state index in [0.717, 1.165) is 12.1 Å². The van der Waals surface area contributed by atoms with E-state index in [2.05, 4.69) is 5.32 Å². The van der Waals surface area contributed by atoms with Gasteiger partial charge in [0.1, 0.15) is 0 Å². The van der Waals surface area contributed by atoms with Crippen LogP contribution in [0, 0.1) is 10.1 Å². The third-order valence-corrected chi connectivity index (χ3v) is 2.38. The highest BCUT2D eigenvalue weighted by Crippen LogP contribution is 2.29. The summed E-state index contributed by atoms with van der Waals surface area (Å²) < 4.78 is 37.2. The third kappa shape index (κ3) is 4.33. The fraction of sp³-hybridized carbons (Fsp3) is 0.455. The highest BCUT2D eigenvalue weighted by molar-refractivity contribution is 5.25. The summed E-state index contributed by atoms with van der Waals surface area (Å²) in [5, 5.41) is 13.1. The van der Waals surface area contributed by atoms with Crippen molar-refractivity contribution in [3.63, 3.8) is 0 Å². The zero-order valence-electron chi connectivity index (χ0n) is 9.70. The first-order valence-electron chi connectivity index (χ1n) is 5.31. The van der Waals surface area contributed by atoms with Crippen molar-refractivity contribution in [1.29, 1.82) is 0 Å². The second-order valence-electron chi connectivity index (χ2n) is 3.96. The molecule has 0 aromatic heterocycles. The fourth-order valence-corrected chi connectivity index (χ4v) is 1.36. The summed E-state index contributed by atoms with van der Waals surface area (Å²) in [6.45, 7) is 1.71. The predicted octanol–water partition coefficient (Wildman–Crippen LogP) is 2.46. The SMILES string of the molecule is CC(CNCc1cccc(C(F)(F)F)c1)[N+](=O)[O-]. The molecule has 0 aliphatic rings. The lowest BCUT2D eigenvalue weighted by Crippen LogP contribution is -2.30. The summed E-state index contributed by atoms with van der Waals surface area (Å²) in [5.74, 6) is 0. The molecule has 1 rings (SSSR count). The number of nitrogens with zero attached hydrogens (tertiary/aromatic N) is 1. The van der Waals surface area contributed by atoms with E-state index >= 15 is 0 Å². The van der Waals surface area contributed by atoms with Crippen LogP contribution in [0.15, 0.2) is 24.3 Å². The maximum Gasteiger partial charge on any atom is 0.416 e. The zero-order chi connectivity index (χ0) is 13.8. The van der Waals surface area contributed by atoms with Gasteiger partial charge in [-0.25, -0.2) is 0 Å². The van der Waals surface area contributed by atoms with E-state index in [-0.39, 0.29) is 13.1 Å². The summed E-state index contributed by atoms with van der Waals surface area (Å²) in [5.41, 5.74) is -0.274. The number of benzene rings is 1. The van der Waals surface area contributed by atoms with Crippen molar-refractivity contribution in [1.82, 2.24) is 5.32 Å². The molecule has 0 saturated carbocycles. The Kier molecular flexibility index (Phi) is 4.66. The fourth-order valence-electron chi connectivity index (χ4n) is 1.36. The molecule has 1 unspecified atom stereocenters. The molecule has 0 aliphatic heterocycles. The van der Waals surface area contributed by atoms with Crippen molar-refractivity contribution in [3.8, 4) is 0 Å². The Balaban J connectivity index is 2.56. The van der Waals surface area contributed by atoms with Gasteiger partial charge in [-0.3, -0.25) is 10.1 Å². The minimum absolute atomic E-state index is 0.114. The normalized spacial score (nSPS) is 13.3. The molecule has 7 heteroatoms. The smallest absolute Gasteiger partial charge is 0.306 e. The van der Waals surface area contributed by atoms with Crippen LogP contribution in [0.2, 0.25) is 0 Å². The van der Waals surface area contributed by atoms with E-state index in [1.165, 1.54) is 13.0 Å². The van der Waals surface area contributed by atoms with Gasteiger partial charge in [-0.05, 0) is 11.6 Å². The molecular weight excluding hydrogens is 249 g/mol. The van der Waals surface area contributed by atoms with Gasteiger partial charge in [-0.1, -0.05) is 18.2 Å². The first-order chi connectivity index (χ1) is 8.30. The number of halogens is 3. The second kappa shape index (κ2) is 5.81. The Labute approximate surface area is 102 Å². The number of hydrogen-bond donors (Lipinski definition) is 1. The lowest BCUT2D eigenvalue weighted by atomic mass is 10.1. The predicted molar refractivity (Wildman–Crippen MR) is 59.6 cm³/mol. The molecule has 4 nitrogen and oxygen atoms in total. The van der Waals surface area contributed by atoms with Crippen molar-refractivity contribution < 1.29 is 18.1 Å². The largest absolute Gasteiger partial charge is 0.416 e. The Morgan fingerprint density at radius 1 is 1.44 bits per heavy atom. The molecule has 0 saturated heterocycles. The number of rotatable bonds is 5. The molecule has 0 heterocycles. The highest BCUT2D eigenvalue weighted by Gasteiger charge is 2.30. The van der Waals surface area contributed by atoms with Gasteiger partial charge in [0.2, 0.25) is 6.04 Å². The summed E-state index contributed by atoms with van der Waals surface area (Å²) in [6, 6.07) is 4.11. The maximum atomic E-state index is 12.4. The monoisotopic (exact) mass is 262 g/mol. The summed E-state index contributed by atoms with van der Waals surface area (Å²) in [7, 11) is 0. The van der Waals surface area contributed by atoms with E-state index in [9.17, 15) is 23.3 Å². The van der Waals surface area contributed by atoms with Gasteiger partial charge in [0.25, 0.3) is 0 Å². The third-order valence-electron chi connectivity index (χ3n) is 2.38. The van der Waals surface area contributed by atoms with Crippen molar-refractivity contribution in [2.24, 2.45) is 0 Å². The van der Waals surface area contributed by atoms with Crippen LogP contribution < -0.4 is 5.32 Å². The molecule has 1 aromatic rings. The summed E-state index contributed by atoms with van der Waals surface area (Å²) in [4.78, 5) is 9.90. The Morgan fingerprint density at radius 2 is 2.11 bits per heavy atom. The van der Waals surface area contributed by atoms with E-state index in [0.29, 0.717) is 5.56 Å². The van der Waals surface area contributed by atoms with Crippen LogP contribution in [0.3, 0.4) is 0 Å². The van der Waals surface area contributed by atoms with Gasteiger partial charge >= 0.3 is 6.18 Å². The van der Waals surface area contributed by atoms with Gasteiger partial charge < -0.3 is 5.32 Å². The van der Waals surface area contributed by atoms with Crippen molar-refractivity contribution in [2.75, 3.05) is 6.54 Å². The van der Waals surface area contributed by atoms with Crippen molar-refractivity contribution in [3.05, 3.63) is 45.5 Å². The highest BCUT2D eigenvalue weighted by atomic mass is 19.4. The van der Waals surface area contributed by atoms with Gasteiger partial charge in [0.15, 0.2) is 0 Å². The molecule has 0 spiro atoms. The van der Waals surface area contributed by atoms with Crippen LogP contribution in [0.1, 0.15) is 18.1 Å². The molecule has 1 N–H and O–H groups in total. The summed E-state index contributed by atoms with van der Waals surface area (Å²) >= 11 is 0. The minimum atomic E-state index is -4.37. The van der Waals surface area contributed by atoms with Crippen molar-refractivity contribution >= 4 is 0 Å². The topological polar surface area (TPSA) is 55.2 Å². The van der Waals surface area contributed by atoms with Crippen LogP contribution in [-0.4, -0.2) is 17.5 Å². The van der Waals surface area contributed by atoms with Gasteiger partial charge in [0, 0.05) is 18.4 Å². The maximum absolute atomic E-state index is 12.4. The lowest BCUT2D eigenvalue weighted by Gasteiger charge is -2.10. The number of nitrogens with one attached hydrogen (secondary N) is 1. The van der Waals surface area contributed by atoms with E-state index in [4.69, 9.17) is 0 Å². The molecule has 0 bridgehead atoms. The van der Waals surface area contributed by atoms with E-state index in [1.807, 2.05) is 0 Å². The van der Waals surface area contributed by atoms with Crippen molar-refractivity contribution in [2.45, 2.75) is 25.7 Å². The molecule has 0 amide bonds. The summed E-state index contributed by atoms with van der Waals surface area (Å²) in [6.07, 6.45) is -4.37. The molecule has 0 radical (unpaired) electrons. The Bertz CT molecular complexity index is 421. The van der Waals surface area contributed by atoms with Gasteiger partial charge in [0.05, 0.1) is 12.1 Å². The molecular formula is C11H13F3N2O2. The molecule has 0 fully saturated rings. The van der Waals surface area contributed by atoms with E-state index in [1.54, 1.807) is 6.07 Å². The number of hydrogen-bond acceptors (Lipinski definition) is 3. The van der Waals surface area contributed by atoms with Gasteiger partial charge in [-0.15, -0.1) is 0 Å². The molecule has 100 valence electrons. The van der Waals surface area contributed by atoms with E-state index < -0.39 is 22.7 Å². The molecule has 18 heavy (non-hydrogen) atoms. The van der Waals surface area contributed by atoms with Crippen LogP contribution in [0.4, 0.5) is 13.2 Å². The minimum Gasteiger partial charge on any atom is -0.306 e. The first kappa shape index (κ1) is 14.4. The molecule has 1 aromatic carbocycles. The Hall–Kier alpha value is -1.63. The second-order valence-corrected chi connectivity index (χ2v) is 3.96. The van der Waals surface area contributed by atoms with Crippen LogP contribution in [-0.2, 0) is 12.7 Å². The quantitative estimate of drug-likeness (QED) is 0.655. The Morgan fingerprint density at radius 3 is 2.67 bits per heavy atom. The van der Waals surface area contributed by atoms with Crippen LogP contribution >= 0.6 is 0 Å². The number of alkyl halides is 3. The van der Waals surface area contributed by atoms with Crippen LogP contribution in [0.5, 0.6) is 0 Å². The average molecular weight is 262 g/mol. The molecule has 1 atom stereocenters. The standard InChI is InChI=1S/C11H13F3N2O2/c1-8(16(17)18)6-15-7-9-3-2-4-10(5-9)11(12,13)14/h2-5,8,15H,6-7H2,1H3. The number of nitro groups is 1.